The summed E-state index contributed by atoms with van der Waals surface area (Å²) < 4.78 is 5.66. The number of rotatable bonds is 7. The first-order valence-corrected chi connectivity index (χ1v) is 11.4. The molecule has 0 unspecified atom stereocenters. The third-order valence-electron chi connectivity index (χ3n) is 5.77. The van der Waals surface area contributed by atoms with Crippen LogP contribution in [0.25, 0.3) is 6.08 Å². The number of para-hydroxylation sites is 1. The Morgan fingerprint density at radius 1 is 1.03 bits per heavy atom. The summed E-state index contributed by atoms with van der Waals surface area (Å²) in [4.78, 5) is 61.7. The van der Waals surface area contributed by atoms with Crippen LogP contribution in [0.5, 0.6) is 5.75 Å². The Labute approximate surface area is 216 Å². The van der Waals surface area contributed by atoms with Crippen molar-refractivity contribution in [2.45, 2.75) is 13.8 Å². The van der Waals surface area contributed by atoms with Crippen LogP contribution >= 0.6 is 0 Å². The Morgan fingerprint density at radius 3 is 2.53 bits per heavy atom. The highest BCUT2D eigenvalue weighted by Gasteiger charge is 2.37. The molecule has 192 valence electrons. The van der Waals surface area contributed by atoms with Crippen LogP contribution in [-0.2, 0) is 14.4 Å². The number of ether oxygens (including phenoxy) is 1. The molecule has 38 heavy (non-hydrogen) atoms. The van der Waals surface area contributed by atoms with Crippen LogP contribution in [0.4, 0.5) is 21.9 Å². The summed E-state index contributed by atoms with van der Waals surface area (Å²) in [6, 6.07) is 15.8. The molecule has 3 aromatic rings. The Hall–Kier alpha value is -5.32. The number of benzene rings is 3. The average molecular weight is 514 g/mol. The van der Waals surface area contributed by atoms with Gasteiger partial charge in [-0.1, -0.05) is 30.3 Å². The monoisotopic (exact) mass is 514 g/mol. The van der Waals surface area contributed by atoms with Crippen molar-refractivity contribution in [3.8, 4) is 5.75 Å². The Kier molecular flexibility index (Phi) is 7.28. The number of nitrogens with zero attached hydrogens (tertiary/aromatic N) is 2. The van der Waals surface area contributed by atoms with Crippen molar-refractivity contribution >= 4 is 46.9 Å². The van der Waals surface area contributed by atoms with Crippen molar-refractivity contribution < 1.29 is 28.8 Å². The molecular weight excluding hydrogens is 492 g/mol. The quantitative estimate of drug-likeness (QED) is 0.210. The molecule has 1 heterocycles. The van der Waals surface area contributed by atoms with E-state index >= 15 is 0 Å². The third-order valence-corrected chi connectivity index (χ3v) is 5.77. The van der Waals surface area contributed by atoms with Gasteiger partial charge in [0.1, 0.15) is 11.3 Å². The molecule has 1 saturated heterocycles. The van der Waals surface area contributed by atoms with Gasteiger partial charge in [-0.3, -0.25) is 29.8 Å². The maximum absolute atomic E-state index is 13.2. The zero-order valence-corrected chi connectivity index (χ0v) is 20.4. The van der Waals surface area contributed by atoms with Gasteiger partial charge in [-0.2, -0.15) is 0 Å². The molecule has 11 nitrogen and oxygen atoms in total. The van der Waals surface area contributed by atoms with Crippen LogP contribution in [0.2, 0.25) is 0 Å². The number of nitrogens with one attached hydrogen (secondary N) is 2. The molecule has 0 spiro atoms. The Bertz CT molecular complexity index is 1510. The maximum atomic E-state index is 13.2. The number of carbonyl (C=O) groups excluding carboxylic acids is 4. The van der Waals surface area contributed by atoms with Gasteiger partial charge in [-0.25, -0.2) is 9.69 Å². The van der Waals surface area contributed by atoms with Crippen molar-refractivity contribution in [2.24, 2.45) is 0 Å². The second-order valence-corrected chi connectivity index (χ2v) is 8.41. The molecule has 0 aromatic heterocycles. The molecule has 1 aliphatic rings. The number of carbonyl (C=O) groups is 4. The van der Waals surface area contributed by atoms with E-state index in [0.717, 1.165) is 17.2 Å². The molecule has 5 amide bonds. The lowest BCUT2D eigenvalue weighted by Crippen LogP contribution is -2.54. The van der Waals surface area contributed by atoms with Crippen molar-refractivity contribution in [2.75, 3.05) is 16.8 Å². The Balaban J connectivity index is 1.55. The number of nitro benzene ring substituents is 1. The smallest absolute Gasteiger partial charge is 0.335 e. The van der Waals surface area contributed by atoms with Crippen molar-refractivity contribution in [3.63, 3.8) is 0 Å². The predicted molar refractivity (Wildman–Crippen MR) is 139 cm³/mol. The first kappa shape index (κ1) is 25.8. The van der Waals surface area contributed by atoms with E-state index in [-0.39, 0.29) is 23.7 Å². The van der Waals surface area contributed by atoms with E-state index in [1.807, 2.05) is 26.0 Å². The first-order chi connectivity index (χ1) is 18.1. The van der Waals surface area contributed by atoms with Gasteiger partial charge >= 0.3 is 6.03 Å². The maximum Gasteiger partial charge on any atom is 0.335 e. The number of hydrogen-bond acceptors (Lipinski definition) is 7. The molecule has 0 atom stereocenters. The summed E-state index contributed by atoms with van der Waals surface area (Å²) >= 11 is 0. The highest BCUT2D eigenvalue weighted by molar-refractivity contribution is 6.39. The summed E-state index contributed by atoms with van der Waals surface area (Å²) in [6.45, 7) is 3.55. The summed E-state index contributed by atoms with van der Waals surface area (Å²) in [6.07, 6.45) is 1.23. The average Bonchev–Trinajstić information content (AvgIpc) is 2.88. The first-order valence-electron chi connectivity index (χ1n) is 11.4. The standard InChI is InChI=1S/C27H22N4O7/c1-16-10-11-19(12-17(16)2)28-24(32)15-38-23-9-4-3-6-18(23)13-22-25(33)29-27(35)30(26(22)34)20-7-5-8-21(14-20)31(36)37/h3-14H,15H2,1-2H3,(H,28,32)(H,29,33,35)/b22-13-. The summed E-state index contributed by atoms with van der Waals surface area (Å²) in [7, 11) is 0. The van der Waals surface area contributed by atoms with Gasteiger partial charge in [-0.15, -0.1) is 0 Å². The van der Waals surface area contributed by atoms with Gasteiger partial charge in [0.2, 0.25) is 0 Å². The molecule has 0 aliphatic carbocycles. The number of urea groups is 1. The van der Waals surface area contributed by atoms with Gasteiger partial charge in [-0.05, 0) is 55.3 Å². The van der Waals surface area contributed by atoms with E-state index in [1.165, 1.54) is 24.3 Å². The molecule has 1 aliphatic heterocycles. The van der Waals surface area contributed by atoms with Gasteiger partial charge < -0.3 is 10.1 Å². The number of amides is 5. The normalized spacial score (nSPS) is 14.3. The van der Waals surface area contributed by atoms with E-state index in [0.29, 0.717) is 16.2 Å². The molecular formula is C27H22N4O7. The second-order valence-electron chi connectivity index (χ2n) is 8.41. The highest BCUT2D eigenvalue weighted by atomic mass is 16.6. The minimum absolute atomic E-state index is 0.0763. The van der Waals surface area contributed by atoms with Crippen molar-refractivity contribution in [1.82, 2.24) is 5.32 Å². The van der Waals surface area contributed by atoms with Crippen LogP contribution in [-0.4, -0.2) is 35.3 Å². The van der Waals surface area contributed by atoms with E-state index in [1.54, 1.807) is 30.3 Å². The molecule has 0 radical (unpaired) electrons. The number of anilines is 2. The fourth-order valence-corrected chi connectivity index (χ4v) is 3.68. The summed E-state index contributed by atoms with van der Waals surface area (Å²) in [5.41, 5.74) is 2.23. The Morgan fingerprint density at radius 2 is 1.79 bits per heavy atom. The van der Waals surface area contributed by atoms with Crippen LogP contribution in [0, 0.1) is 24.0 Å². The van der Waals surface area contributed by atoms with Gasteiger partial charge in [0.25, 0.3) is 23.4 Å². The van der Waals surface area contributed by atoms with Crippen molar-refractivity contribution in [3.05, 3.63) is 99.1 Å². The van der Waals surface area contributed by atoms with E-state index in [9.17, 15) is 29.3 Å². The summed E-state index contributed by atoms with van der Waals surface area (Å²) in [5, 5.41) is 15.9. The fourth-order valence-electron chi connectivity index (χ4n) is 3.68. The third kappa shape index (κ3) is 5.57. The topological polar surface area (TPSA) is 148 Å². The number of barbiturate groups is 1. The number of nitro groups is 1. The van der Waals surface area contributed by atoms with Crippen molar-refractivity contribution in [1.29, 1.82) is 0 Å². The van der Waals surface area contributed by atoms with E-state index in [4.69, 9.17) is 4.74 Å². The van der Waals surface area contributed by atoms with Crippen LogP contribution in [0.15, 0.2) is 72.3 Å². The lowest BCUT2D eigenvalue weighted by Gasteiger charge is -2.26. The van der Waals surface area contributed by atoms with Crippen LogP contribution in [0.1, 0.15) is 16.7 Å². The zero-order valence-electron chi connectivity index (χ0n) is 20.4. The molecule has 11 heteroatoms. The van der Waals surface area contributed by atoms with Gasteiger partial charge in [0.15, 0.2) is 6.61 Å². The van der Waals surface area contributed by atoms with Gasteiger partial charge in [0.05, 0.1) is 10.6 Å². The molecule has 1 fully saturated rings. The number of non-ortho nitro benzene ring substituents is 1. The highest BCUT2D eigenvalue weighted by Crippen LogP contribution is 2.27. The van der Waals surface area contributed by atoms with E-state index < -0.39 is 34.2 Å². The van der Waals surface area contributed by atoms with Gasteiger partial charge in [0, 0.05) is 23.4 Å². The van der Waals surface area contributed by atoms with Crippen LogP contribution < -0.4 is 20.3 Å². The molecule has 2 N–H and O–H groups in total. The van der Waals surface area contributed by atoms with E-state index in [2.05, 4.69) is 10.6 Å². The molecule has 0 bridgehead atoms. The SMILES string of the molecule is Cc1ccc(NC(=O)COc2ccccc2/C=C2/C(=O)NC(=O)N(c3cccc([N+](=O)[O-])c3)C2=O)cc1C. The van der Waals surface area contributed by atoms with Crippen LogP contribution in [0.3, 0.4) is 0 Å². The summed E-state index contributed by atoms with van der Waals surface area (Å²) in [5.74, 6) is -2.11. The minimum atomic E-state index is -1.04. The molecule has 0 saturated carbocycles. The lowest BCUT2D eigenvalue weighted by atomic mass is 10.1. The number of hydrogen-bond donors (Lipinski definition) is 2. The number of aryl methyl sites for hydroxylation is 2. The molecule has 3 aromatic carbocycles. The molecule has 4 rings (SSSR count). The number of imide groups is 2. The fraction of sp³-hybridized carbons (Fsp3) is 0.111. The minimum Gasteiger partial charge on any atom is -0.483 e. The lowest BCUT2D eigenvalue weighted by molar-refractivity contribution is -0.384. The largest absolute Gasteiger partial charge is 0.483 e. The predicted octanol–water partition coefficient (Wildman–Crippen LogP) is 3.90. The second kappa shape index (κ2) is 10.7. The zero-order chi connectivity index (χ0) is 27.4.